The lowest BCUT2D eigenvalue weighted by atomic mass is 10.2. The van der Waals surface area contributed by atoms with Gasteiger partial charge in [-0.3, -0.25) is 4.90 Å². The van der Waals surface area contributed by atoms with Crippen molar-refractivity contribution in [1.29, 1.82) is 0 Å². The molecule has 19 heavy (non-hydrogen) atoms. The lowest BCUT2D eigenvalue weighted by Crippen LogP contribution is -2.40. The lowest BCUT2D eigenvalue weighted by Gasteiger charge is -2.30. The summed E-state index contributed by atoms with van der Waals surface area (Å²) < 4.78 is 5.35. The van der Waals surface area contributed by atoms with E-state index >= 15 is 0 Å². The molecule has 0 fully saturated rings. The third-order valence-corrected chi connectivity index (χ3v) is 2.94. The van der Waals surface area contributed by atoms with E-state index in [0.717, 1.165) is 18.9 Å². The maximum atomic E-state index is 5.35. The van der Waals surface area contributed by atoms with Crippen LogP contribution in [0.1, 0.15) is 34.6 Å². The summed E-state index contributed by atoms with van der Waals surface area (Å²) in [5, 5.41) is 3.31. The molecule has 0 saturated heterocycles. The number of aromatic nitrogens is 2. The van der Waals surface area contributed by atoms with Crippen LogP contribution in [0.3, 0.4) is 0 Å². The highest BCUT2D eigenvalue weighted by molar-refractivity contribution is 5.36. The molecule has 0 bridgehead atoms. The van der Waals surface area contributed by atoms with Gasteiger partial charge in [-0.05, 0) is 34.6 Å². The summed E-state index contributed by atoms with van der Waals surface area (Å²) in [6, 6.07) is 2.93. The van der Waals surface area contributed by atoms with Crippen LogP contribution >= 0.6 is 0 Å². The molecule has 1 aromatic rings. The second kappa shape index (κ2) is 7.94. The van der Waals surface area contributed by atoms with E-state index in [1.165, 1.54) is 6.33 Å². The van der Waals surface area contributed by atoms with Gasteiger partial charge in [-0.2, -0.15) is 0 Å². The number of hydrogen-bond donors (Lipinski definition) is 1. The van der Waals surface area contributed by atoms with Crippen molar-refractivity contribution in [3.05, 3.63) is 12.4 Å². The SMILES string of the molecule is CCOc1cc(NCCN(C(C)C)C(C)C)ncn1. The van der Waals surface area contributed by atoms with Gasteiger partial charge in [0.2, 0.25) is 5.88 Å². The van der Waals surface area contributed by atoms with Gasteiger partial charge >= 0.3 is 0 Å². The molecule has 1 aromatic heterocycles. The minimum Gasteiger partial charge on any atom is -0.478 e. The molecule has 0 aliphatic heterocycles. The molecule has 1 heterocycles. The monoisotopic (exact) mass is 266 g/mol. The maximum Gasteiger partial charge on any atom is 0.218 e. The molecule has 1 N–H and O–H groups in total. The summed E-state index contributed by atoms with van der Waals surface area (Å²) in [4.78, 5) is 10.7. The topological polar surface area (TPSA) is 50.3 Å². The molecular formula is C14H26N4O. The van der Waals surface area contributed by atoms with Gasteiger partial charge in [-0.1, -0.05) is 0 Å². The molecule has 5 nitrogen and oxygen atoms in total. The Hall–Kier alpha value is -1.36. The molecule has 1 rings (SSSR count). The highest BCUT2D eigenvalue weighted by Gasteiger charge is 2.12. The minimum absolute atomic E-state index is 0.547. The van der Waals surface area contributed by atoms with Crippen LogP contribution < -0.4 is 10.1 Å². The molecule has 0 atom stereocenters. The summed E-state index contributed by atoms with van der Waals surface area (Å²) in [6.45, 7) is 13.3. The smallest absolute Gasteiger partial charge is 0.218 e. The van der Waals surface area contributed by atoms with Crippen LogP contribution in [0.25, 0.3) is 0 Å². The predicted octanol–water partition coefficient (Wildman–Crippen LogP) is 2.41. The van der Waals surface area contributed by atoms with Gasteiger partial charge in [0.1, 0.15) is 12.1 Å². The van der Waals surface area contributed by atoms with E-state index in [1.54, 1.807) is 0 Å². The molecule has 5 heteroatoms. The Balaban J connectivity index is 2.45. The van der Waals surface area contributed by atoms with E-state index < -0.39 is 0 Å². The second-order valence-corrected chi connectivity index (χ2v) is 5.03. The fraction of sp³-hybridized carbons (Fsp3) is 0.714. The van der Waals surface area contributed by atoms with Gasteiger partial charge in [-0.25, -0.2) is 9.97 Å². The molecule has 0 radical (unpaired) electrons. The largest absolute Gasteiger partial charge is 0.478 e. The molecule has 0 saturated carbocycles. The van der Waals surface area contributed by atoms with E-state index in [0.29, 0.717) is 24.6 Å². The minimum atomic E-state index is 0.547. The summed E-state index contributed by atoms with van der Waals surface area (Å²) in [7, 11) is 0. The fourth-order valence-corrected chi connectivity index (χ4v) is 2.09. The average molecular weight is 266 g/mol. The van der Waals surface area contributed by atoms with Crippen molar-refractivity contribution in [3.63, 3.8) is 0 Å². The third-order valence-electron chi connectivity index (χ3n) is 2.94. The van der Waals surface area contributed by atoms with Gasteiger partial charge in [0.05, 0.1) is 6.61 Å². The van der Waals surface area contributed by atoms with Crippen molar-refractivity contribution in [1.82, 2.24) is 14.9 Å². The first-order chi connectivity index (χ1) is 9.04. The first-order valence-electron chi connectivity index (χ1n) is 6.99. The number of nitrogens with one attached hydrogen (secondary N) is 1. The zero-order valence-electron chi connectivity index (χ0n) is 12.7. The van der Waals surface area contributed by atoms with Gasteiger partial charge in [0.15, 0.2) is 0 Å². The Morgan fingerprint density at radius 2 is 1.89 bits per heavy atom. The number of anilines is 1. The normalized spacial score (nSPS) is 11.4. The van der Waals surface area contributed by atoms with Crippen LogP contribution in [0.15, 0.2) is 12.4 Å². The van der Waals surface area contributed by atoms with Crippen LogP contribution in [0.2, 0.25) is 0 Å². The van der Waals surface area contributed by atoms with Gasteiger partial charge < -0.3 is 10.1 Å². The van der Waals surface area contributed by atoms with Crippen molar-refractivity contribution in [3.8, 4) is 5.88 Å². The number of hydrogen-bond acceptors (Lipinski definition) is 5. The summed E-state index contributed by atoms with van der Waals surface area (Å²) in [5.74, 6) is 1.43. The molecule has 0 aromatic carbocycles. The third kappa shape index (κ3) is 5.42. The number of ether oxygens (including phenoxy) is 1. The number of rotatable bonds is 8. The van der Waals surface area contributed by atoms with Crippen LogP contribution in [0.4, 0.5) is 5.82 Å². The zero-order chi connectivity index (χ0) is 14.3. The molecule has 0 amide bonds. The quantitative estimate of drug-likeness (QED) is 0.783. The summed E-state index contributed by atoms with van der Waals surface area (Å²) in [6.07, 6.45) is 1.52. The van der Waals surface area contributed by atoms with Crippen molar-refractivity contribution in [2.24, 2.45) is 0 Å². The first-order valence-corrected chi connectivity index (χ1v) is 6.99. The van der Waals surface area contributed by atoms with Crippen molar-refractivity contribution < 1.29 is 4.74 Å². The molecule has 0 aliphatic carbocycles. The van der Waals surface area contributed by atoms with Crippen LogP contribution in [0.5, 0.6) is 5.88 Å². The van der Waals surface area contributed by atoms with Gasteiger partial charge in [0.25, 0.3) is 0 Å². The lowest BCUT2D eigenvalue weighted by molar-refractivity contribution is 0.182. The molecule has 0 unspecified atom stereocenters. The van der Waals surface area contributed by atoms with E-state index in [9.17, 15) is 0 Å². The predicted molar refractivity (Wildman–Crippen MR) is 78.7 cm³/mol. The van der Waals surface area contributed by atoms with E-state index in [4.69, 9.17) is 4.74 Å². The fourth-order valence-electron chi connectivity index (χ4n) is 2.09. The summed E-state index contributed by atoms with van der Waals surface area (Å²) in [5.41, 5.74) is 0. The summed E-state index contributed by atoms with van der Waals surface area (Å²) >= 11 is 0. The van der Waals surface area contributed by atoms with Crippen LogP contribution in [-0.2, 0) is 0 Å². The highest BCUT2D eigenvalue weighted by atomic mass is 16.5. The Morgan fingerprint density at radius 1 is 1.21 bits per heavy atom. The Morgan fingerprint density at radius 3 is 2.47 bits per heavy atom. The van der Waals surface area contributed by atoms with Crippen LogP contribution in [0, 0.1) is 0 Å². The molecule has 0 spiro atoms. The van der Waals surface area contributed by atoms with Gasteiger partial charge in [0, 0.05) is 31.2 Å². The Kier molecular flexibility index (Phi) is 6.56. The zero-order valence-corrected chi connectivity index (χ0v) is 12.7. The maximum absolute atomic E-state index is 5.35. The van der Waals surface area contributed by atoms with E-state index in [1.807, 2.05) is 13.0 Å². The first kappa shape index (κ1) is 15.7. The van der Waals surface area contributed by atoms with Gasteiger partial charge in [-0.15, -0.1) is 0 Å². The van der Waals surface area contributed by atoms with Crippen LogP contribution in [-0.4, -0.2) is 46.6 Å². The Labute approximate surface area is 116 Å². The highest BCUT2D eigenvalue weighted by Crippen LogP contribution is 2.11. The standard InChI is InChI=1S/C14H26N4O/c1-6-19-14-9-13(16-10-17-14)15-7-8-18(11(2)3)12(4)5/h9-12H,6-8H2,1-5H3,(H,15,16,17). The van der Waals surface area contributed by atoms with Crippen molar-refractivity contribution in [2.75, 3.05) is 25.0 Å². The van der Waals surface area contributed by atoms with Crippen molar-refractivity contribution >= 4 is 5.82 Å². The van der Waals surface area contributed by atoms with E-state index in [2.05, 4.69) is 47.9 Å². The van der Waals surface area contributed by atoms with E-state index in [-0.39, 0.29) is 0 Å². The molecular weight excluding hydrogens is 240 g/mol. The average Bonchev–Trinajstić information content (AvgIpc) is 2.34. The molecule has 108 valence electrons. The second-order valence-electron chi connectivity index (χ2n) is 5.03. The number of nitrogens with zero attached hydrogens (tertiary/aromatic N) is 3. The van der Waals surface area contributed by atoms with Crippen molar-refractivity contribution in [2.45, 2.75) is 46.7 Å². The Bertz CT molecular complexity index is 360. The molecule has 0 aliphatic rings.